The summed E-state index contributed by atoms with van der Waals surface area (Å²) in [6.07, 6.45) is 2.22. The summed E-state index contributed by atoms with van der Waals surface area (Å²) < 4.78 is 0. The van der Waals surface area contributed by atoms with E-state index in [9.17, 15) is 4.79 Å². The predicted molar refractivity (Wildman–Crippen MR) is 78.6 cm³/mol. The second-order valence-electron chi connectivity index (χ2n) is 4.74. The molecule has 3 unspecified atom stereocenters. The molecule has 0 aliphatic carbocycles. The fraction of sp³-hybridized carbons (Fsp3) is 0.615. The molecule has 3 nitrogen and oxygen atoms in total. The normalized spacial score (nSPS) is 25.0. The van der Waals surface area contributed by atoms with Crippen LogP contribution in [0.1, 0.15) is 37.5 Å². The van der Waals surface area contributed by atoms with Crippen LogP contribution in [0.3, 0.4) is 0 Å². The Morgan fingerprint density at radius 1 is 1.61 bits per heavy atom. The summed E-state index contributed by atoms with van der Waals surface area (Å²) in [6.45, 7) is 5.18. The minimum Gasteiger partial charge on any atom is -0.351 e. The number of carbonyl (C=O) groups excluding carboxylic acids is 1. The molecule has 1 saturated heterocycles. The summed E-state index contributed by atoms with van der Waals surface area (Å²) >= 11 is 1.65. The van der Waals surface area contributed by atoms with E-state index in [2.05, 4.69) is 17.6 Å². The summed E-state index contributed by atoms with van der Waals surface area (Å²) in [5, 5.41) is 8.58. The van der Waals surface area contributed by atoms with Crippen LogP contribution in [0, 0.1) is 0 Å². The van der Waals surface area contributed by atoms with Gasteiger partial charge in [-0.2, -0.15) is 0 Å². The van der Waals surface area contributed by atoms with Gasteiger partial charge in [-0.1, -0.05) is 6.07 Å². The molecule has 2 heterocycles. The zero-order valence-corrected chi connectivity index (χ0v) is 12.4. The van der Waals surface area contributed by atoms with Crippen LogP contribution in [-0.4, -0.2) is 24.5 Å². The molecule has 0 saturated carbocycles. The molecule has 0 bridgehead atoms. The first kappa shape index (κ1) is 15.5. The number of nitrogens with one attached hydrogen (secondary N) is 2. The van der Waals surface area contributed by atoms with Gasteiger partial charge in [0.1, 0.15) is 0 Å². The Labute approximate surface area is 119 Å². The Kier molecular flexibility index (Phi) is 6.12. The highest BCUT2D eigenvalue weighted by molar-refractivity contribution is 7.10. The Bertz CT molecular complexity index is 369. The maximum atomic E-state index is 12.1. The molecule has 0 aromatic carbocycles. The summed E-state index contributed by atoms with van der Waals surface area (Å²) in [5.41, 5.74) is 0. The molecule has 1 aliphatic rings. The number of thiophene rings is 1. The van der Waals surface area contributed by atoms with Crippen molar-refractivity contribution in [3.8, 4) is 0 Å². The third kappa shape index (κ3) is 3.70. The fourth-order valence-corrected chi connectivity index (χ4v) is 3.00. The molecule has 3 atom stereocenters. The molecule has 2 N–H and O–H groups in total. The fourth-order valence-electron chi connectivity index (χ4n) is 2.22. The van der Waals surface area contributed by atoms with Crippen LogP contribution in [0.15, 0.2) is 17.5 Å². The number of amides is 1. The average molecular weight is 289 g/mol. The van der Waals surface area contributed by atoms with E-state index in [4.69, 9.17) is 0 Å². The number of halogens is 1. The van der Waals surface area contributed by atoms with Crippen LogP contribution in [0.2, 0.25) is 0 Å². The largest absolute Gasteiger partial charge is 0.351 e. The van der Waals surface area contributed by atoms with Gasteiger partial charge in [0, 0.05) is 17.0 Å². The van der Waals surface area contributed by atoms with Crippen LogP contribution in [0.4, 0.5) is 0 Å². The lowest BCUT2D eigenvalue weighted by Gasteiger charge is -2.31. The minimum atomic E-state index is -0.0378. The molecule has 18 heavy (non-hydrogen) atoms. The molecule has 102 valence electrons. The van der Waals surface area contributed by atoms with Crippen LogP contribution in [0.25, 0.3) is 0 Å². The number of piperidine rings is 1. The van der Waals surface area contributed by atoms with Crippen LogP contribution >= 0.6 is 23.7 Å². The van der Waals surface area contributed by atoms with Gasteiger partial charge >= 0.3 is 0 Å². The van der Waals surface area contributed by atoms with E-state index in [0.717, 1.165) is 24.3 Å². The number of rotatable bonds is 3. The maximum Gasteiger partial charge on any atom is 0.228 e. The smallest absolute Gasteiger partial charge is 0.228 e. The Morgan fingerprint density at radius 2 is 2.39 bits per heavy atom. The van der Waals surface area contributed by atoms with Gasteiger partial charge in [0.15, 0.2) is 0 Å². The molecular formula is C13H21ClN2OS. The third-order valence-electron chi connectivity index (χ3n) is 3.45. The first-order chi connectivity index (χ1) is 8.18. The van der Waals surface area contributed by atoms with Crippen molar-refractivity contribution >= 4 is 29.7 Å². The first-order valence-electron chi connectivity index (χ1n) is 6.25. The monoisotopic (exact) mass is 288 g/mol. The molecule has 2 rings (SSSR count). The van der Waals surface area contributed by atoms with Crippen molar-refractivity contribution in [1.82, 2.24) is 10.6 Å². The van der Waals surface area contributed by atoms with Gasteiger partial charge in [0.25, 0.3) is 0 Å². The summed E-state index contributed by atoms with van der Waals surface area (Å²) in [5.74, 6) is 0.108. The van der Waals surface area contributed by atoms with Gasteiger partial charge in [-0.3, -0.25) is 4.79 Å². The molecule has 1 amide bonds. The molecule has 1 aliphatic heterocycles. The third-order valence-corrected chi connectivity index (χ3v) is 4.51. The van der Waals surface area contributed by atoms with Crippen molar-refractivity contribution in [2.24, 2.45) is 0 Å². The van der Waals surface area contributed by atoms with E-state index in [1.807, 2.05) is 24.4 Å². The van der Waals surface area contributed by atoms with E-state index in [-0.39, 0.29) is 30.3 Å². The Hall–Kier alpha value is -0.580. The minimum absolute atomic E-state index is 0. The SMILES string of the molecule is CC(C(=O)NC1CCCNC1C)c1cccs1.Cl. The molecule has 5 heteroatoms. The van der Waals surface area contributed by atoms with Crippen LogP contribution in [-0.2, 0) is 4.79 Å². The van der Waals surface area contributed by atoms with Crippen LogP contribution in [0.5, 0.6) is 0 Å². The van der Waals surface area contributed by atoms with Gasteiger partial charge in [-0.25, -0.2) is 0 Å². The highest BCUT2D eigenvalue weighted by atomic mass is 35.5. The zero-order chi connectivity index (χ0) is 12.3. The quantitative estimate of drug-likeness (QED) is 0.897. The maximum absolute atomic E-state index is 12.1. The molecular weight excluding hydrogens is 268 g/mol. The van der Waals surface area contributed by atoms with Crippen molar-refractivity contribution in [2.75, 3.05) is 6.54 Å². The molecule has 1 fully saturated rings. The first-order valence-corrected chi connectivity index (χ1v) is 7.13. The van der Waals surface area contributed by atoms with Crippen LogP contribution < -0.4 is 10.6 Å². The lowest BCUT2D eigenvalue weighted by molar-refractivity contribution is -0.123. The number of hydrogen-bond donors (Lipinski definition) is 2. The van der Waals surface area contributed by atoms with Gasteiger partial charge in [0.05, 0.1) is 5.92 Å². The predicted octanol–water partition coefficient (Wildman–Crippen LogP) is 2.53. The van der Waals surface area contributed by atoms with Crippen molar-refractivity contribution < 1.29 is 4.79 Å². The molecule has 1 aromatic rings. The topological polar surface area (TPSA) is 41.1 Å². The van der Waals surface area contributed by atoms with E-state index in [0.29, 0.717) is 6.04 Å². The van der Waals surface area contributed by atoms with Crippen molar-refractivity contribution in [3.05, 3.63) is 22.4 Å². The standard InChI is InChI=1S/C13H20N2OS.ClH/c1-9(12-6-4-8-17-12)13(16)15-11-5-3-7-14-10(11)2;/h4,6,8-11,14H,3,5,7H2,1-2H3,(H,15,16);1H. The summed E-state index contributed by atoms with van der Waals surface area (Å²) in [7, 11) is 0. The summed E-state index contributed by atoms with van der Waals surface area (Å²) in [6, 6.07) is 4.67. The Balaban J connectivity index is 0.00000162. The highest BCUT2D eigenvalue weighted by Crippen LogP contribution is 2.21. The second kappa shape index (κ2) is 7.12. The number of carbonyl (C=O) groups is 1. The second-order valence-corrected chi connectivity index (χ2v) is 5.72. The Morgan fingerprint density at radius 3 is 3.00 bits per heavy atom. The lowest BCUT2D eigenvalue weighted by atomic mass is 9.98. The lowest BCUT2D eigenvalue weighted by Crippen LogP contribution is -2.52. The van der Waals surface area contributed by atoms with Gasteiger partial charge in [-0.05, 0) is 44.7 Å². The van der Waals surface area contributed by atoms with Crippen molar-refractivity contribution in [2.45, 2.75) is 44.7 Å². The van der Waals surface area contributed by atoms with E-state index < -0.39 is 0 Å². The van der Waals surface area contributed by atoms with Gasteiger partial charge < -0.3 is 10.6 Å². The van der Waals surface area contributed by atoms with Crippen molar-refractivity contribution in [3.63, 3.8) is 0 Å². The van der Waals surface area contributed by atoms with E-state index in [1.165, 1.54) is 0 Å². The number of hydrogen-bond acceptors (Lipinski definition) is 3. The molecule has 0 spiro atoms. The molecule has 0 radical (unpaired) electrons. The molecule has 1 aromatic heterocycles. The van der Waals surface area contributed by atoms with Crippen molar-refractivity contribution in [1.29, 1.82) is 0 Å². The highest BCUT2D eigenvalue weighted by Gasteiger charge is 2.25. The van der Waals surface area contributed by atoms with Gasteiger partial charge in [0.2, 0.25) is 5.91 Å². The van der Waals surface area contributed by atoms with E-state index >= 15 is 0 Å². The zero-order valence-electron chi connectivity index (χ0n) is 10.8. The average Bonchev–Trinajstić information content (AvgIpc) is 2.84. The van der Waals surface area contributed by atoms with Gasteiger partial charge in [-0.15, -0.1) is 23.7 Å². The summed E-state index contributed by atoms with van der Waals surface area (Å²) in [4.78, 5) is 13.3. The van der Waals surface area contributed by atoms with E-state index in [1.54, 1.807) is 11.3 Å².